The third kappa shape index (κ3) is 3.67. The molecule has 4 aromatic rings. The Morgan fingerprint density at radius 3 is 3.00 bits per heavy atom. The fraction of sp³-hybridized carbons (Fsp3) is 0.150. The minimum absolute atomic E-state index is 0.0958. The number of thiazole rings is 1. The van der Waals surface area contributed by atoms with Gasteiger partial charge in [-0.05, 0) is 49.2 Å². The van der Waals surface area contributed by atoms with Gasteiger partial charge in [-0.2, -0.15) is 0 Å². The highest BCUT2D eigenvalue weighted by atomic mass is 32.1. The number of hydrogen-bond donors (Lipinski definition) is 2. The molecule has 0 saturated carbocycles. The molecule has 0 spiro atoms. The highest BCUT2D eigenvalue weighted by molar-refractivity contribution is 7.14. The summed E-state index contributed by atoms with van der Waals surface area (Å²) in [6.07, 6.45) is 0. The molecule has 2 aromatic heterocycles. The van der Waals surface area contributed by atoms with Crippen molar-refractivity contribution in [3.8, 4) is 17.0 Å². The molecule has 142 valence electrons. The number of nitrogens with zero attached hydrogens (tertiary/aromatic N) is 1. The van der Waals surface area contributed by atoms with E-state index in [1.54, 1.807) is 12.1 Å². The molecule has 7 nitrogen and oxygen atoms in total. The van der Waals surface area contributed by atoms with Crippen molar-refractivity contribution in [1.82, 2.24) is 9.97 Å². The first-order valence-electron chi connectivity index (χ1n) is 8.57. The van der Waals surface area contributed by atoms with Crippen LogP contribution in [0.4, 0.5) is 5.13 Å². The summed E-state index contributed by atoms with van der Waals surface area (Å²) in [5.74, 6) is -0.0870. The number of H-pyrrole nitrogens is 1. The van der Waals surface area contributed by atoms with Crippen molar-refractivity contribution in [2.24, 2.45) is 0 Å². The van der Waals surface area contributed by atoms with E-state index in [0.29, 0.717) is 27.7 Å². The van der Waals surface area contributed by atoms with Crippen molar-refractivity contribution >= 4 is 33.5 Å². The number of fused-ring (bicyclic) bond motifs is 1. The number of amides is 1. The van der Waals surface area contributed by atoms with Crippen molar-refractivity contribution in [1.29, 1.82) is 0 Å². The maximum absolute atomic E-state index is 12.2. The Bertz CT molecular complexity index is 1220. The first-order chi connectivity index (χ1) is 13.5. The van der Waals surface area contributed by atoms with Crippen LogP contribution in [0.5, 0.6) is 5.75 Å². The Morgan fingerprint density at radius 2 is 2.14 bits per heavy atom. The van der Waals surface area contributed by atoms with Crippen molar-refractivity contribution in [2.75, 3.05) is 11.9 Å². The first kappa shape index (κ1) is 18.0. The fourth-order valence-electron chi connectivity index (χ4n) is 2.75. The molecule has 0 fully saturated rings. The zero-order valence-corrected chi connectivity index (χ0v) is 16.1. The third-order valence-electron chi connectivity index (χ3n) is 4.38. The summed E-state index contributed by atoms with van der Waals surface area (Å²) in [6, 6.07) is 11.0. The molecule has 28 heavy (non-hydrogen) atoms. The number of ether oxygens (including phenoxy) is 1. The molecule has 0 atom stereocenters. The molecule has 4 rings (SSSR count). The SMILES string of the molecule is Cc1cccc(OCC(=O)Nc2nc(-c3ccc4oc(=O)[nH]c4c3)cs2)c1C. The number of oxazole rings is 1. The Balaban J connectivity index is 1.43. The van der Waals surface area contributed by atoms with Crippen molar-refractivity contribution in [3.05, 3.63) is 63.5 Å². The predicted octanol–water partition coefficient (Wildman–Crippen LogP) is 3.88. The first-order valence-corrected chi connectivity index (χ1v) is 9.45. The maximum atomic E-state index is 12.2. The molecule has 0 aliphatic heterocycles. The standard InChI is InChI=1S/C20H17N3O4S/c1-11-4-3-5-16(12(11)2)26-9-18(24)23-19-21-15(10-28-19)13-6-7-17-14(8-13)22-20(25)27-17/h3-8,10H,9H2,1-2H3,(H,22,25)(H,21,23,24). The summed E-state index contributed by atoms with van der Waals surface area (Å²) >= 11 is 1.32. The van der Waals surface area contributed by atoms with Crippen molar-refractivity contribution < 1.29 is 13.9 Å². The summed E-state index contributed by atoms with van der Waals surface area (Å²) < 4.78 is 10.6. The van der Waals surface area contributed by atoms with Gasteiger partial charge >= 0.3 is 5.76 Å². The largest absolute Gasteiger partial charge is 0.483 e. The van der Waals surface area contributed by atoms with Crippen molar-refractivity contribution in [3.63, 3.8) is 0 Å². The van der Waals surface area contributed by atoms with Crippen LogP contribution in [-0.2, 0) is 4.79 Å². The number of hydrogen-bond acceptors (Lipinski definition) is 6. The van der Waals surface area contributed by atoms with Crippen LogP contribution < -0.4 is 15.8 Å². The monoisotopic (exact) mass is 395 g/mol. The van der Waals surface area contributed by atoms with Gasteiger partial charge in [-0.3, -0.25) is 15.1 Å². The molecule has 0 saturated heterocycles. The number of carbonyl (C=O) groups is 1. The van der Waals surface area contributed by atoms with Gasteiger partial charge in [-0.1, -0.05) is 12.1 Å². The van der Waals surface area contributed by atoms with Crippen LogP contribution in [0.2, 0.25) is 0 Å². The number of benzene rings is 2. The van der Waals surface area contributed by atoms with E-state index in [2.05, 4.69) is 15.3 Å². The summed E-state index contributed by atoms with van der Waals surface area (Å²) in [4.78, 5) is 30.5. The molecule has 2 N–H and O–H groups in total. The molecule has 2 aromatic carbocycles. The van der Waals surface area contributed by atoms with Gasteiger partial charge in [0.15, 0.2) is 17.3 Å². The van der Waals surface area contributed by atoms with Crippen molar-refractivity contribution in [2.45, 2.75) is 13.8 Å². The van der Waals surface area contributed by atoms with E-state index in [1.165, 1.54) is 11.3 Å². The van der Waals surface area contributed by atoms with Gasteiger partial charge < -0.3 is 9.15 Å². The van der Waals surface area contributed by atoms with E-state index in [4.69, 9.17) is 9.15 Å². The average Bonchev–Trinajstić information content (AvgIpc) is 3.27. The van der Waals surface area contributed by atoms with Crippen LogP contribution in [0.15, 0.2) is 51.0 Å². The molecule has 0 aliphatic carbocycles. The second-order valence-electron chi connectivity index (χ2n) is 6.30. The Morgan fingerprint density at radius 1 is 1.29 bits per heavy atom. The third-order valence-corrected chi connectivity index (χ3v) is 5.14. The highest BCUT2D eigenvalue weighted by Gasteiger charge is 2.11. The van der Waals surface area contributed by atoms with E-state index in [0.717, 1.165) is 16.7 Å². The van der Waals surface area contributed by atoms with Gasteiger partial charge in [0.25, 0.3) is 5.91 Å². The lowest BCUT2D eigenvalue weighted by Crippen LogP contribution is -2.20. The second-order valence-corrected chi connectivity index (χ2v) is 7.16. The summed E-state index contributed by atoms with van der Waals surface area (Å²) in [6.45, 7) is 3.86. The summed E-state index contributed by atoms with van der Waals surface area (Å²) in [7, 11) is 0. The minimum atomic E-state index is -0.498. The summed E-state index contributed by atoms with van der Waals surface area (Å²) in [5, 5.41) is 5.06. The van der Waals surface area contributed by atoms with Crippen LogP contribution in [0.1, 0.15) is 11.1 Å². The van der Waals surface area contributed by atoms with Crippen LogP contribution in [0.25, 0.3) is 22.4 Å². The Labute approximate surface area is 164 Å². The lowest BCUT2D eigenvalue weighted by Gasteiger charge is -2.10. The van der Waals surface area contributed by atoms with Gasteiger partial charge in [0.2, 0.25) is 0 Å². The molecule has 8 heteroatoms. The second kappa shape index (κ2) is 7.32. The molecular weight excluding hydrogens is 378 g/mol. The van der Waals surface area contributed by atoms with E-state index in [-0.39, 0.29) is 12.5 Å². The number of aryl methyl sites for hydroxylation is 1. The molecule has 1 amide bonds. The normalized spacial score (nSPS) is 10.9. The van der Waals surface area contributed by atoms with Crippen LogP contribution in [0.3, 0.4) is 0 Å². The highest BCUT2D eigenvalue weighted by Crippen LogP contribution is 2.27. The van der Waals surface area contributed by atoms with Crippen LogP contribution >= 0.6 is 11.3 Å². The Hall–Kier alpha value is -3.39. The predicted molar refractivity (Wildman–Crippen MR) is 108 cm³/mol. The zero-order valence-electron chi connectivity index (χ0n) is 15.2. The quantitative estimate of drug-likeness (QED) is 0.534. The zero-order chi connectivity index (χ0) is 19.7. The lowest BCUT2D eigenvalue weighted by molar-refractivity contribution is -0.118. The summed E-state index contributed by atoms with van der Waals surface area (Å²) in [5.41, 5.74) is 4.72. The van der Waals surface area contributed by atoms with Crippen LogP contribution in [-0.4, -0.2) is 22.5 Å². The number of aromatic amines is 1. The smallest absolute Gasteiger partial charge is 0.417 e. The number of anilines is 1. The molecule has 2 heterocycles. The number of nitrogens with one attached hydrogen (secondary N) is 2. The molecule has 0 radical (unpaired) electrons. The van der Waals surface area contributed by atoms with E-state index >= 15 is 0 Å². The maximum Gasteiger partial charge on any atom is 0.417 e. The van der Waals surface area contributed by atoms with E-state index < -0.39 is 5.76 Å². The van der Waals surface area contributed by atoms with E-state index in [9.17, 15) is 9.59 Å². The van der Waals surface area contributed by atoms with Gasteiger partial charge in [0.1, 0.15) is 5.75 Å². The minimum Gasteiger partial charge on any atom is -0.483 e. The number of rotatable bonds is 5. The lowest BCUT2D eigenvalue weighted by atomic mass is 10.1. The van der Waals surface area contributed by atoms with Gasteiger partial charge in [-0.15, -0.1) is 11.3 Å². The molecule has 0 aliphatic rings. The Kier molecular flexibility index (Phi) is 4.70. The number of carbonyl (C=O) groups excluding carboxylic acids is 1. The molecule has 0 bridgehead atoms. The fourth-order valence-corrected chi connectivity index (χ4v) is 3.49. The van der Waals surface area contributed by atoms with Gasteiger partial charge in [0, 0.05) is 10.9 Å². The average molecular weight is 395 g/mol. The number of aromatic nitrogens is 2. The van der Waals surface area contributed by atoms with Crippen LogP contribution in [0, 0.1) is 13.8 Å². The van der Waals surface area contributed by atoms with Gasteiger partial charge in [-0.25, -0.2) is 9.78 Å². The van der Waals surface area contributed by atoms with Gasteiger partial charge in [0.05, 0.1) is 11.2 Å². The topological polar surface area (TPSA) is 97.2 Å². The van der Waals surface area contributed by atoms with E-state index in [1.807, 2.05) is 43.5 Å². The molecular formula is C20H17N3O4S. The molecule has 0 unspecified atom stereocenters.